The van der Waals surface area contributed by atoms with E-state index in [1.807, 2.05) is 25.1 Å². The zero-order chi connectivity index (χ0) is 24.2. The minimum atomic E-state index is -3.96. The monoisotopic (exact) mass is 494 g/mol. The van der Waals surface area contributed by atoms with Gasteiger partial charge in [-0.2, -0.15) is 4.31 Å². The first-order valence-corrected chi connectivity index (χ1v) is 12.4. The number of carbonyl (C=O) groups excluding carboxylic acids is 2. The predicted octanol–water partition coefficient (Wildman–Crippen LogP) is 3.50. The summed E-state index contributed by atoms with van der Waals surface area (Å²) in [6.45, 7) is 5.42. The lowest BCUT2D eigenvalue weighted by atomic mass is 10.1. The van der Waals surface area contributed by atoms with E-state index in [1.54, 1.807) is 19.9 Å². The number of aryl methyl sites for hydroxylation is 1. The van der Waals surface area contributed by atoms with Gasteiger partial charge in [0.05, 0.1) is 22.8 Å². The number of amides is 1. The van der Waals surface area contributed by atoms with Crippen LogP contribution in [-0.2, 0) is 30.7 Å². The number of ether oxygens (including phenoxy) is 2. The molecule has 0 aromatic heterocycles. The Hall–Kier alpha value is -2.46. The highest BCUT2D eigenvalue weighted by Crippen LogP contribution is 2.28. The minimum absolute atomic E-state index is 0.00750. The largest absolute Gasteiger partial charge is 0.452 e. The van der Waals surface area contributed by atoms with Gasteiger partial charge in [0.15, 0.2) is 6.61 Å². The van der Waals surface area contributed by atoms with Crippen molar-refractivity contribution in [2.24, 2.45) is 0 Å². The van der Waals surface area contributed by atoms with Gasteiger partial charge in [-0.05, 0) is 56.2 Å². The molecule has 1 saturated heterocycles. The smallest absolute Gasteiger partial charge is 0.338 e. The van der Waals surface area contributed by atoms with E-state index in [4.69, 9.17) is 21.1 Å². The number of carbonyl (C=O) groups is 2. The van der Waals surface area contributed by atoms with Crippen LogP contribution in [0.4, 0.5) is 5.69 Å². The molecule has 2 aromatic rings. The van der Waals surface area contributed by atoms with Crippen LogP contribution in [0.3, 0.4) is 0 Å². The number of morpholine rings is 1. The van der Waals surface area contributed by atoms with Crippen molar-refractivity contribution in [3.8, 4) is 0 Å². The second-order valence-corrected chi connectivity index (χ2v) is 10.2. The van der Waals surface area contributed by atoms with Gasteiger partial charge in [-0.1, -0.05) is 30.7 Å². The number of sulfonamides is 1. The van der Waals surface area contributed by atoms with Gasteiger partial charge in [-0.15, -0.1) is 0 Å². The fraction of sp³-hybridized carbons (Fsp3) is 0.391. The van der Waals surface area contributed by atoms with Crippen LogP contribution in [0.1, 0.15) is 36.7 Å². The maximum absolute atomic E-state index is 13.2. The van der Waals surface area contributed by atoms with Gasteiger partial charge in [0.1, 0.15) is 4.90 Å². The molecule has 3 rings (SSSR count). The summed E-state index contributed by atoms with van der Waals surface area (Å²) in [6, 6.07) is 11.2. The maximum Gasteiger partial charge on any atom is 0.338 e. The number of anilines is 1. The average molecular weight is 495 g/mol. The molecule has 0 bridgehead atoms. The number of nitrogens with zero attached hydrogens (tertiary/aromatic N) is 1. The van der Waals surface area contributed by atoms with Crippen molar-refractivity contribution >= 4 is 39.2 Å². The number of benzene rings is 2. The zero-order valence-corrected chi connectivity index (χ0v) is 20.3. The molecule has 1 aliphatic heterocycles. The maximum atomic E-state index is 13.2. The molecule has 2 atom stereocenters. The van der Waals surface area contributed by atoms with Gasteiger partial charge in [-0.25, -0.2) is 13.2 Å². The first-order chi connectivity index (χ1) is 15.6. The van der Waals surface area contributed by atoms with Crippen LogP contribution in [0.25, 0.3) is 0 Å². The van der Waals surface area contributed by atoms with E-state index in [0.29, 0.717) is 5.69 Å². The molecule has 33 heavy (non-hydrogen) atoms. The number of hydrogen-bond acceptors (Lipinski definition) is 6. The standard InChI is InChI=1S/C23H27ClN2O6S/c1-4-17-6-5-7-19(10-17)25-22(27)14-31-23(28)18-8-9-20(24)21(11-18)33(29,30)26-12-15(2)32-16(3)13-26/h5-11,15-16H,4,12-14H2,1-3H3,(H,25,27). The number of nitrogens with one attached hydrogen (secondary N) is 1. The minimum Gasteiger partial charge on any atom is -0.452 e. The molecule has 178 valence electrons. The van der Waals surface area contributed by atoms with Crippen LogP contribution in [-0.4, -0.2) is 56.5 Å². The van der Waals surface area contributed by atoms with Crippen LogP contribution >= 0.6 is 11.6 Å². The van der Waals surface area contributed by atoms with Crippen molar-refractivity contribution in [1.29, 1.82) is 0 Å². The fourth-order valence-electron chi connectivity index (χ4n) is 3.57. The predicted molar refractivity (Wildman–Crippen MR) is 125 cm³/mol. The molecular weight excluding hydrogens is 468 g/mol. The summed E-state index contributed by atoms with van der Waals surface area (Å²) in [5.74, 6) is -1.33. The molecule has 1 aliphatic rings. The molecule has 0 aliphatic carbocycles. The van der Waals surface area contributed by atoms with Crippen molar-refractivity contribution in [3.05, 3.63) is 58.6 Å². The second-order valence-electron chi connectivity index (χ2n) is 7.90. The SMILES string of the molecule is CCc1cccc(NC(=O)COC(=O)c2ccc(Cl)c(S(=O)(=O)N3CC(C)OC(C)C3)c2)c1. The lowest BCUT2D eigenvalue weighted by Gasteiger charge is -2.34. The first kappa shape index (κ1) is 25.2. The molecule has 1 heterocycles. The molecule has 2 aromatic carbocycles. The molecule has 1 fully saturated rings. The summed E-state index contributed by atoms with van der Waals surface area (Å²) in [6.07, 6.45) is 0.280. The summed E-state index contributed by atoms with van der Waals surface area (Å²) < 4.78 is 38.3. The zero-order valence-electron chi connectivity index (χ0n) is 18.7. The molecule has 0 saturated carbocycles. The van der Waals surface area contributed by atoms with E-state index in [2.05, 4.69) is 5.32 Å². The van der Waals surface area contributed by atoms with Gasteiger partial charge in [0, 0.05) is 18.8 Å². The molecule has 1 amide bonds. The molecule has 0 radical (unpaired) electrons. The third-order valence-corrected chi connectivity index (χ3v) is 7.44. The molecule has 0 spiro atoms. The number of rotatable bonds is 7. The van der Waals surface area contributed by atoms with Gasteiger partial charge in [-0.3, -0.25) is 4.79 Å². The van der Waals surface area contributed by atoms with E-state index >= 15 is 0 Å². The van der Waals surface area contributed by atoms with Gasteiger partial charge < -0.3 is 14.8 Å². The Morgan fingerprint density at radius 1 is 1.15 bits per heavy atom. The Morgan fingerprint density at radius 2 is 1.85 bits per heavy atom. The molecule has 8 nitrogen and oxygen atoms in total. The van der Waals surface area contributed by atoms with Gasteiger partial charge in [0.2, 0.25) is 10.0 Å². The molecular formula is C23H27ClN2O6S. The van der Waals surface area contributed by atoms with Crippen molar-refractivity contribution in [2.75, 3.05) is 25.0 Å². The van der Waals surface area contributed by atoms with Crippen LogP contribution in [0.2, 0.25) is 5.02 Å². The quantitative estimate of drug-likeness (QED) is 0.591. The van der Waals surface area contributed by atoms with E-state index in [0.717, 1.165) is 12.0 Å². The number of halogens is 1. The lowest BCUT2D eigenvalue weighted by molar-refractivity contribution is -0.119. The van der Waals surface area contributed by atoms with Gasteiger partial charge >= 0.3 is 5.97 Å². The van der Waals surface area contributed by atoms with Crippen molar-refractivity contribution in [1.82, 2.24) is 4.31 Å². The Balaban J connectivity index is 1.69. The van der Waals surface area contributed by atoms with Crippen LogP contribution in [0.15, 0.2) is 47.4 Å². The number of hydrogen-bond donors (Lipinski definition) is 1. The summed E-state index contributed by atoms with van der Waals surface area (Å²) in [5, 5.41) is 2.66. The molecule has 2 unspecified atom stereocenters. The van der Waals surface area contributed by atoms with Gasteiger partial charge in [0.25, 0.3) is 5.91 Å². The summed E-state index contributed by atoms with van der Waals surface area (Å²) in [7, 11) is -3.96. The Morgan fingerprint density at radius 3 is 2.52 bits per heavy atom. The normalized spacial score (nSPS) is 19.2. The third-order valence-electron chi connectivity index (χ3n) is 5.12. The lowest BCUT2D eigenvalue weighted by Crippen LogP contribution is -2.48. The topological polar surface area (TPSA) is 102 Å². The van der Waals surface area contributed by atoms with Crippen molar-refractivity contribution in [2.45, 2.75) is 44.3 Å². The van der Waals surface area contributed by atoms with Crippen molar-refractivity contribution < 1.29 is 27.5 Å². The van der Waals surface area contributed by atoms with Crippen LogP contribution < -0.4 is 5.32 Å². The molecule has 1 N–H and O–H groups in total. The Bertz CT molecular complexity index is 1130. The van der Waals surface area contributed by atoms with Crippen molar-refractivity contribution in [3.63, 3.8) is 0 Å². The molecule has 10 heteroatoms. The van der Waals surface area contributed by atoms with Crippen LogP contribution in [0, 0.1) is 0 Å². The fourth-order valence-corrected chi connectivity index (χ4v) is 5.67. The Labute approximate surface area is 198 Å². The summed E-state index contributed by atoms with van der Waals surface area (Å²) >= 11 is 6.17. The highest BCUT2D eigenvalue weighted by Gasteiger charge is 2.34. The average Bonchev–Trinajstić information content (AvgIpc) is 2.77. The highest BCUT2D eigenvalue weighted by atomic mass is 35.5. The third kappa shape index (κ3) is 6.32. The summed E-state index contributed by atoms with van der Waals surface area (Å²) in [4.78, 5) is 24.5. The second kappa shape index (κ2) is 10.6. The van der Waals surface area contributed by atoms with Crippen LogP contribution in [0.5, 0.6) is 0 Å². The number of esters is 1. The summed E-state index contributed by atoms with van der Waals surface area (Å²) in [5.41, 5.74) is 1.64. The first-order valence-electron chi connectivity index (χ1n) is 10.6. The highest BCUT2D eigenvalue weighted by molar-refractivity contribution is 7.89. The van der Waals surface area contributed by atoms with E-state index in [1.165, 1.54) is 22.5 Å². The van der Waals surface area contributed by atoms with E-state index in [-0.39, 0.29) is 40.8 Å². The Kier molecular flexibility index (Phi) is 8.12. The van der Waals surface area contributed by atoms with E-state index < -0.39 is 28.5 Å². The van der Waals surface area contributed by atoms with E-state index in [9.17, 15) is 18.0 Å².